The Balaban J connectivity index is 0.00000202. The van der Waals surface area contributed by atoms with Gasteiger partial charge in [-0.15, -0.1) is 0 Å². The van der Waals surface area contributed by atoms with Crippen LogP contribution in [0.4, 0.5) is 0 Å². The third-order valence-corrected chi connectivity index (χ3v) is 39.5. The van der Waals surface area contributed by atoms with Crippen LogP contribution in [0.3, 0.4) is 0 Å². The summed E-state index contributed by atoms with van der Waals surface area (Å²) in [5, 5.41) is 3.25. The molecule has 0 bridgehead atoms. The van der Waals surface area contributed by atoms with E-state index in [2.05, 4.69) is 157 Å². The molecule has 0 spiro atoms. The van der Waals surface area contributed by atoms with Crippen LogP contribution in [-0.4, -0.2) is 5.98 Å². The van der Waals surface area contributed by atoms with Crippen molar-refractivity contribution in [3.05, 3.63) is 141 Å². The van der Waals surface area contributed by atoms with Gasteiger partial charge in [0, 0.05) is 0 Å². The van der Waals surface area contributed by atoms with Crippen LogP contribution in [0.15, 0.2) is 119 Å². The van der Waals surface area contributed by atoms with Gasteiger partial charge in [-0.1, -0.05) is 0 Å². The SMILES string of the molecule is CC(C)(C)c1ccc2c(c1)-c1cccc(C(C)(C)C)c1[CH]2[Hf+2]([C]1=CC=CC1)[SiH](c1ccccc1)c1ccccc1.[Cl-].[Cl-]. The summed E-state index contributed by atoms with van der Waals surface area (Å²) in [7, 11) is 0. The van der Waals surface area contributed by atoms with Gasteiger partial charge in [-0.3, -0.25) is 0 Å². The number of allylic oxidation sites excluding steroid dienone is 4. The fourth-order valence-electron chi connectivity index (χ4n) is 6.79. The Bertz CT molecular complexity index is 1550. The van der Waals surface area contributed by atoms with Gasteiger partial charge in [0.25, 0.3) is 0 Å². The van der Waals surface area contributed by atoms with E-state index in [4.69, 9.17) is 0 Å². The molecule has 0 radical (unpaired) electrons. The zero-order valence-electron chi connectivity index (χ0n) is 25.6. The molecule has 215 valence electrons. The van der Waals surface area contributed by atoms with Crippen molar-refractivity contribution >= 4 is 16.4 Å². The Morgan fingerprint density at radius 2 is 1.29 bits per heavy atom. The van der Waals surface area contributed by atoms with Crippen molar-refractivity contribution in [2.45, 2.75) is 62.5 Å². The quantitative estimate of drug-likeness (QED) is 0.274. The van der Waals surface area contributed by atoms with Gasteiger partial charge in [0.2, 0.25) is 0 Å². The van der Waals surface area contributed by atoms with E-state index in [9.17, 15) is 0 Å². The first-order valence-electron chi connectivity index (χ1n) is 14.8. The first-order chi connectivity index (χ1) is 19.1. The van der Waals surface area contributed by atoms with E-state index in [1.165, 1.54) is 16.7 Å². The van der Waals surface area contributed by atoms with Crippen molar-refractivity contribution in [3.63, 3.8) is 0 Å². The molecule has 0 aliphatic heterocycles. The molecule has 2 aliphatic rings. The Morgan fingerprint density at radius 3 is 1.81 bits per heavy atom. The Kier molecular flexibility index (Phi) is 10.1. The molecule has 0 nitrogen and oxygen atoms in total. The maximum atomic E-state index is 2.55. The summed E-state index contributed by atoms with van der Waals surface area (Å²) in [5.74, 6) is -1.51. The molecule has 4 aromatic rings. The number of halogens is 2. The summed E-state index contributed by atoms with van der Waals surface area (Å²) in [4.78, 5) is 0. The summed E-state index contributed by atoms with van der Waals surface area (Å²) in [5.41, 5.74) is 9.48. The van der Waals surface area contributed by atoms with Crippen LogP contribution in [0.1, 0.15) is 73.9 Å². The van der Waals surface area contributed by atoms with E-state index in [-0.39, 0.29) is 35.6 Å². The molecule has 0 heterocycles. The van der Waals surface area contributed by atoms with Crippen LogP contribution in [0.25, 0.3) is 11.1 Å². The average Bonchev–Trinajstić information content (AvgIpc) is 3.58. The molecule has 2 aliphatic carbocycles. The molecular formula is C38H41Cl2HfSi. The van der Waals surface area contributed by atoms with Gasteiger partial charge in [-0.05, 0) is 0 Å². The first kappa shape index (κ1) is 32.9. The van der Waals surface area contributed by atoms with Crippen molar-refractivity contribution in [2.24, 2.45) is 0 Å². The van der Waals surface area contributed by atoms with Crippen LogP contribution in [-0.2, 0) is 31.4 Å². The Hall–Kier alpha value is -1.97. The van der Waals surface area contributed by atoms with Gasteiger partial charge in [-0.25, -0.2) is 0 Å². The zero-order chi connectivity index (χ0) is 28.1. The van der Waals surface area contributed by atoms with E-state index in [1.807, 2.05) is 3.33 Å². The van der Waals surface area contributed by atoms with Gasteiger partial charge in [-0.2, -0.15) is 0 Å². The van der Waals surface area contributed by atoms with Crippen molar-refractivity contribution in [1.29, 1.82) is 0 Å². The minimum Gasteiger partial charge on any atom is -1.00 e. The predicted octanol–water partition coefficient (Wildman–Crippen LogP) is 2.36. The summed E-state index contributed by atoms with van der Waals surface area (Å²) in [6.07, 6.45) is 8.44. The van der Waals surface area contributed by atoms with E-state index < -0.39 is 26.6 Å². The summed E-state index contributed by atoms with van der Waals surface area (Å²) >= 11 is -2.69. The minimum atomic E-state index is -2.69. The summed E-state index contributed by atoms with van der Waals surface area (Å²) in [6.45, 7) is 14.3. The second-order valence-corrected chi connectivity index (χ2v) is 34.7. The zero-order valence-corrected chi connectivity index (χ0v) is 31.8. The van der Waals surface area contributed by atoms with E-state index >= 15 is 0 Å². The number of hydrogen-bond acceptors (Lipinski definition) is 0. The van der Waals surface area contributed by atoms with Crippen molar-refractivity contribution in [2.75, 3.05) is 0 Å². The standard InChI is InChI=1S/C21H25.C12H11Si.C5H5.2ClH.Hf/c1-20(2,3)15-11-10-14-12-18-16(17(14)13-15)8-7-9-19(18)21(4,5)6;1-3-7-11(8-4-1)13-12-9-5-2-6-10-12;1-2-4-5-3-1;;;/h7-13H,1-6H3;1-10,13H;1-3H,4H2;2*1H;/q;;;;;+2/p-2. The molecule has 4 heteroatoms. The Morgan fingerprint density at radius 1 is 0.667 bits per heavy atom. The van der Waals surface area contributed by atoms with E-state index in [1.54, 1.807) is 27.1 Å². The van der Waals surface area contributed by atoms with Crippen molar-refractivity contribution in [1.82, 2.24) is 0 Å². The monoisotopic (exact) mass is 775 g/mol. The molecule has 0 saturated carbocycles. The molecule has 6 rings (SSSR count). The molecule has 0 N–H and O–H groups in total. The summed E-state index contributed by atoms with van der Waals surface area (Å²) in [6, 6.07) is 38.0. The van der Waals surface area contributed by atoms with Gasteiger partial charge in [0.1, 0.15) is 0 Å². The molecule has 0 saturated heterocycles. The summed E-state index contributed by atoms with van der Waals surface area (Å²) < 4.78 is 2.35. The van der Waals surface area contributed by atoms with Crippen molar-refractivity contribution in [3.8, 4) is 11.1 Å². The van der Waals surface area contributed by atoms with Crippen LogP contribution in [0, 0.1) is 0 Å². The van der Waals surface area contributed by atoms with Crippen molar-refractivity contribution < 1.29 is 45.4 Å². The largest absolute Gasteiger partial charge is 1.00 e. The van der Waals surface area contributed by atoms with Crippen LogP contribution in [0.5, 0.6) is 0 Å². The van der Waals surface area contributed by atoms with Gasteiger partial charge in [0.05, 0.1) is 0 Å². The second kappa shape index (κ2) is 12.9. The van der Waals surface area contributed by atoms with Crippen LogP contribution in [0.2, 0.25) is 0 Å². The van der Waals surface area contributed by atoms with Gasteiger partial charge >= 0.3 is 251 Å². The normalized spacial score (nSPS) is 15.4. The molecule has 1 unspecified atom stereocenters. The van der Waals surface area contributed by atoms with Gasteiger partial charge < -0.3 is 24.8 Å². The average molecular weight is 775 g/mol. The van der Waals surface area contributed by atoms with Gasteiger partial charge in [0.15, 0.2) is 0 Å². The molecule has 0 fully saturated rings. The van der Waals surface area contributed by atoms with Crippen LogP contribution < -0.4 is 35.2 Å². The number of hydrogen-bond donors (Lipinski definition) is 0. The maximum absolute atomic E-state index is 2.69. The second-order valence-electron chi connectivity index (χ2n) is 13.5. The maximum Gasteiger partial charge on any atom is -1.00 e. The molecule has 42 heavy (non-hydrogen) atoms. The molecule has 4 aromatic carbocycles. The number of benzene rings is 4. The predicted molar refractivity (Wildman–Crippen MR) is 172 cm³/mol. The minimum absolute atomic E-state index is 0. The molecular weight excluding hydrogens is 734 g/mol. The molecule has 0 aromatic heterocycles. The van der Waals surface area contributed by atoms with E-state index in [0.717, 1.165) is 6.42 Å². The fourth-order valence-corrected chi connectivity index (χ4v) is 41.9. The van der Waals surface area contributed by atoms with Crippen LogP contribution >= 0.6 is 0 Å². The number of fused-ring (bicyclic) bond motifs is 3. The molecule has 1 atom stereocenters. The topological polar surface area (TPSA) is 0 Å². The smallest absolute Gasteiger partial charge is 1.00 e. The first-order valence-corrected chi connectivity index (χ1v) is 26.6. The third-order valence-electron chi connectivity index (χ3n) is 8.75. The third kappa shape index (κ3) is 6.16. The fraction of sp³-hybridized carbons (Fsp3) is 0.263. The van der Waals surface area contributed by atoms with E-state index in [0.29, 0.717) is 3.67 Å². The Labute approximate surface area is 274 Å². The number of rotatable bonds is 5. The molecule has 0 amide bonds.